The summed E-state index contributed by atoms with van der Waals surface area (Å²) in [5, 5.41) is 18.0. The van der Waals surface area contributed by atoms with Crippen LogP contribution in [0.3, 0.4) is 0 Å². The molecular weight excluding hydrogens is 483 g/mol. The number of aromatic nitrogens is 8. The maximum absolute atomic E-state index is 14.0. The normalized spacial score (nSPS) is 11.8. The van der Waals surface area contributed by atoms with E-state index in [1.54, 1.807) is 12.1 Å². The van der Waals surface area contributed by atoms with Gasteiger partial charge in [-0.3, -0.25) is 4.79 Å². The van der Waals surface area contributed by atoms with Gasteiger partial charge in [-0.25, -0.2) is 9.67 Å². The largest absolute Gasteiger partial charge is 0.434 e. The predicted octanol–water partition coefficient (Wildman–Crippen LogP) is 3.78. The lowest BCUT2D eigenvalue weighted by atomic mass is 10.2. The average molecular weight is 492 g/mol. The van der Waals surface area contributed by atoms with Gasteiger partial charge in [0.25, 0.3) is 5.91 Å². The van der Waals surface area contributed by atoms with E-state index in [2.05, 4.69) is 35.2 Å². The predicted molar refractivity (Wildman–Crippen MR) is 112 cm³/mol. The second-order valence-electron chi connectivity index (χ2n) is 6.52. The molecule has 0 aliphatic heterocycles. The number of carbonyl (C=O) groups excluding carboxylic acids is 1. The Morgan fingerprint density at radius 2 is 1.91 bits per heavy atom. The van der Waals surface area contributed by atoms with Gasteiger partial charge in [-0.15, -0.1) is 9.90 Å². The number of halogens is 4. The summed E-state index contributed by atoms with van der Waals surface area (Å²) in [6.07, 6.45) is 0.0222. The van der Waals surface area contributed by atoms with E-state index in [1.807, 2.05) is 0 Å². The molecule has 0 atom stereocenters. The molecule has 4 heterocycles. The number of hydrogen-bond donors (Lipinski definition) is 1. The van der Waals surface area contributed by atoms with Crippen molar-refractivity contribution < 1.29 is 18.0 Å². The summed E-state index contributed by atoms with van der Waals surface area (Å²) in [5.74, 6) is -0.853. The minimum Gasteiger partial charge on any atom is -0.320 e. The Morgan fingerprint density at radius 3 is 2.64 bits per heavy atom. The molecule has 15 heteroatoms. The van der Waals surface area contributed by atoms with Crippen molar-refractivity contribution in [3.63, 3.8) is 0 Å². The number of amides is 1. The van der Waals surface area contributed by atoms with Crippen LogP contribution >= 0.6 is 23.1 Å². The van der Waals surface area contributed by atoms with Crippen LogP contribution in [0.25, 0.3) is 21.7 Å². The van der Waals surface area contributed by atoms with Crippen LogP contribution in [-0.2, 0) is 6.18 Å². The number of nitrogens with zero attached hydrogens (tertiary/aromatic N) is 8. The zero-order chi connectivity index (χ0) is 23.2. The van der Waals surface area contributed by atoms with Crippen molar-refractivity contribution in [1.82, 2.24) is 39.3 Å². The Kier molecular flexibility index (Phi) is 5.02. The zero-order valence-electron chi connectivity index (χ0n) is 16.0. The lowest BCUT2D eigenvalue weighted by Gasteiger charge is -2.13. The molecule has 10 nitrogen and oxygen atoms in total. The van der Waals surface area contributed by atoms with Gasteiger partial charge in [0.2, 0.25) is 0 Å². The van der Waals surface area contributed by atoms with Crippen LogP contribution in [0.15, 0.2) is 49.1 Å². The summed E-state index contributed by atoms with van der Waals surface area (Å²) in [6, 6.07) is 5.97. The third-order valence-corrected chi connectivity index (χ3v) is 5.42. The van der Waals surface area contributed by atoms with Gasteiger partial charge in [-0.05, 0) is 29.7 Å². The Bertz CT molecular complexity index is 1480. The quantitative estimate of drug-likeness (QED) is 0.406. The van der Waals surface area contributed by atoms with Crippen molar-refractivity contribution in [3.8, 4) is 11.5 Å². The molecule has 1 amide bonds. The van der Waals surface area contributed by atoms with E-state index < -0.39 is 23.3 Å². The van der Waals surface area contributed by atoms with Crippen molar-refractivity contribution >= 4 is 44.9 Å². The highest BCUT2D eigenvalue weighted by Crippen LogP contribution is 2.35. The van der Waals surface area contributed by atoms with Gasteiger partial charge in [-0.1, -0.05) is 22.2 Å². The van der Waals surface area contributed by atoms with Gasteiger partial charge in [0, 0.05) is 0 Å². The molecule has 33 heavy (non-hydrogen) atoms. The van der Waals surface area contributed by atoms with Gasteiger partial charge in [-0.2, -0.15) is 28.5 Å². The average Bonchev–Trinajstić information content (AvgIpc) is 3.52. The minimum atomic E-state index is -4.89. The fourth-order valence-corrected chi connectivity index (χ4v) is 3.92. The minimum absolute atomic E-state index is 0.0495. The first kappa shape index (κ1) is 21.0. The fraction of sp³-hybridized carbons (Fsp3) is 0.0556. The summed E-state index contributed by atoms with van der Waals surface area (Å²) in [7, 11) is 0. The number of pyridine rings is 1. The third kappa shape index (κ3) is 3.78. The van der Waals surface area contributed by atoms with Gasteiger partial charge in [0.15, 0.2) is 11.5 Å². The standard InChI is InChI=1S/C18H9ClF3N9OS/c19-11-6-9(7-23-16(11)31-24-4-5-25-31)27-17(32)10-8-26-30(15(10)18(20,21)22)12-2-1-3-13-14(12)28-29-33-13/h1-8H,(H,27,32). The Balaban J connectivity index is 1.52. The molecule has 1 aromatic carbocycles. The van der Waals surface area contributed by atoms with Gasteiger partial charge in [0.05, 0.1) is 51.4 Å². The van der Waals surface area contributed by atoms with Crippen LogP contribution in [0.1, 0.15) is 16.1 Å². The molecule has 0 saturated carbocycles. The van der Waals surface area contributed by atoms with Crippen molar-refractivity contribution in [2.45, 2.75) is 6.18 Å². The number of fused-ring (bicyclic) bond motifs is 1. The van der Waals surface area contributed by atoms with Gasteiger partial charge in [0.1, 0.15) is 5.52 Å². The molecule has 0 unspecified atom stereocenters. The molecule has 4 aromatic heterocycles. The first-order valence-electron chi connectivity index (χ1n) is 9.03. The number of alkyl halides is 3. The zero-order valence-corrected chi connectivity index (χ0v) is 17.6. The Hall–Kier alpha value is -3.91. The van der Waals surface area contributed by atoms with E-state index in [4.69, 9.17) is 11.6 Å². The Morgan fingerprint density at radius 1 is 1.12 bits per heavy atom. The second kappa shape index (κ2) is 7.90. The lowest BCUT2D eigenvalue weighted by molar-refractivity contribution is -0.143. The number of nitrogens with one attached hydrogen (secondary N) is 1. The van der Waals surface area contributed by atoms with Crippen LogP contribution in [0.4, 0.5) is 18.9 Å². The molecule has 0 bridgehead atoms. The third-order valence-electron chi connectivity index (χ3n) is 4.46. The number of carbonyl (C=O) groups is 1. The van der Waals surface area contributed by atoms with E-state index in [-0.39, 0.29) is 27.7 Å². The first-order valence-corrected chi connectivity index (χ1v) is 10.2. The van der Waals surface area contributed by atoms with Crippen LogP contribution in [-0.4, -0.2) is 45.3 Å². The second-order valence-corrected chi connectivity index (χ2v) is 7.71. The highest BCUT2D eigenvalue weighted by Gasteiger charge is 2.41. The summed E-state index contributed by atoms with van der Waals surface area (Å²) < 4.78 is 47.0. The molecule has 0 fully saturated rings. The van der Waals surface area contributed by atoms with E-state index >= 15 is 0 Å². The maximum Gasteiger partial charge on any atom is 0.434 e. The molecule has 0 aliphatic carbocycles. The fourth-order valence-electron chi connectivity index (χ4n) is 3.10. The van der Waals surface area contributed by atoms with E-state index in [1.165, 1.54) is 30.7 Å². The maximum atomic E-state index is 14.0. The van der Waals surface area contributed by atoms with Crippen molar-refractivity contribution in [3.05, 3.63) is 65.3 Å². The molecule has 5 aromatic rings. The monoisotopic (exact) mass is 491 g/mol. The molecular formula is C18H9ClF3N9OS. The highest BCUT2D eigenvalue weighted by molar-refractivity contribution is 7.13. The van der Waals surface area contributed by atoms with Crippen molar-refractivity contribution in [1.29, 1.82) is 0 Å². The molecule has 5 rings (SSSR count). The molecule has 166 valence electrons. The highest BCUT2D eigenvalue weighted by atomic mass is 35.5. The lowest BCUT2D eigenvalue weighted by Crippen LogP contribution is -2.21. The summed E-state index contributed by atoms with van der Waals surface area (Å²) in [5.41, 5.74) is -1.57. The molecule has 0 radical (unpaired) electrons. The van der Waals surface area contributed by atoms with Gasteiger partial charge < -0.3 is 5.32 Å². The number of anilines is 1. The number of hydrogen-bond acceptors (Lipinski definition) is 8. The first-order chi connectivity index (χ1) is 15.8. The molecule has 0 spiro atoms. The number of benzene rings is 1. The summed E-state index contributed by atoms with van der Waals surface area (Å²) in [4.78, 5) is 18.0. The van der Waals surface area contributed by atoms with Crippen LogP contribution in [0.5, 0.6) is 0 Å². The van der Waals surface area contributed by atoms with E-state index in [0.717, 1.165) is 22.5 Å². The van der Waals surface area contributed by atoms with Gasteiger partial charge >= 0.3 is 6.18 Å². The van der Waals surface area contributed by atoms with Crippen LogP contribution in [0.2, 0.25) is 5.02 Å². The molecule has 0 aliphatic rings. The van der Waals surface area contributed by atoms with Crippen molar-refractivity contribution in [2.75, 3.05) is 5.32 Å². The Labute approximate surface area is 190 Å². The van der Waals surface area contributed by atoms with Crippen LogP contribution < -0.4 is 5.32 Å². The SMILES string of the molecule is O=C(Nc1cnc(-n2nccn2)c(Cl)c1)c1cnn(-c2cccc3snnc23)c1C(F)(F)F. The van der Waals surface area contributed by atoms with Crippen molar-refractivity contribution in [2.24, 2.45) is 0 Å². The van der Waals surface area contributed by atoms with E-state index in [9.17, 15) is 18.0 Å². The van der Waals surface area contributed by atoms with E-state index in [0.29, 0.717) is 9.38 Å². The summed E-state index contributed by atoms with van der Waals surface area (Å²) in [6.45, 7) is 0. The summed E-state index contributed by atoms with van der Waals surface area (Å²) >= 11 is 7.19. The number of rotatable bonds is 4. The molecule has 0 saturated heterocycles. The topological polar surface area (TPSA) is 116 Å². The molecule has 1 N–H and O–H groups in total. The smallest absolute Gasteiger partial charge is 0.320 e. The van der Waals surface area contributed by atoms with Crippen LogP contribution in [0, 0.1) is 0 Å².